The standard InChI is InChI=1S/C24H28FN3O2/c1-16-4-2-3-5-20(16)24-21-14-27(15-22(26)29)12-18(21)13-28(24)23(30)11-8-17-6-9-19(25)10-7-17/h2-7,9-10,18,21,24H,8,11-15H2,1H3,(H2,26,29)/t18-,21-,24+/m0/s1. The number of primary amides is 1. The molecule has 2 saturated heterocycles. The fourth-order valence-corrected chi connectivity index (χ4v) is 5.11. The molecular weight excluding hydrogens is 381 g/mol. The number of amides is 2. The second-order valence-electron chi connectivity index (χ2n) is 8.56. The molecular formula is C24H28FN3O2. The van der Waals surface area contributed by atoms with Gasteiger partial charge in [0.2, 0.25) is 11.8 Å². The molecule has 2 N–H and O–H groups in total. The number of nitrogens with two attached hydrogens (primary N) is 1. The summed E-state index contributed by atoms with van der Waals surface area (Å²) in [6.45, 7) is 4.61. The van der Waals surface area contributed by atoms with Gasteiger partial charge < -0.3 is 10.6 Å². The zero-order valence-electron chi connectivity index (χ0n) is 17.3. The number of aryl methyl sites for hydroxylation is 2. The highest BCUT2D eigenvalue weighted by atomic mass is 19.1. The Bertz CT molecular complexity index is 930. The maximum absolute atomic E-state index is 13.2. The first kappa shape index (κ1) is 20.5. The van der Waals surface area contributed by atoms with Crippen LogP contribution in [0.4, 0.5) is 4.39 Å². The van der Waals surface area contributed by atoms with E-state index in [1.54, 1.807) is 12.1 Å². The molecule has 2 aromatic carbocycles. The lowest BCUT2D eigenvalue weighted by atomic mass is 9.87. The van der Waals surface area contributed by atoms with Crippen molar-refractivity contribution in [3.05, 3.63) is 71.0 Å². The van der Waals surface area contributed by atoms with Crippen molar-refractivity contribution < 1.29 is 14.0 Å². The average Bonchev–Trinajstić information content (AvgIpc) is 3.24. The fraction of sp³-hybridized carbons (Fsp3) is 0.417. The van der Waals surface area contributed by atoms with Crippen LogP contribution in [0, 0.1) is 24.6 Å². The second kappa shape index (κ2) is 8.56. The van der Waals surface area contributed by atoms with Crippen LogP contribution < -0.4 is 5.73 Å². The molecule has 0 aromatic heterocycles. The minimum atomic E-state index is -0.311. The van der Waals surface area contributed by atoms with E-state index in [1.165, 1.54) is 23.3 Å². The quantitative estimate of drug-likeness (QED) is 0.798. The van der Waals surface area contributed by atoms with Crippen LogP contribution in [0.1, 0.15) is 29.2 Å². The summed E-state index contributed by atoms with van der Waals surface area (Å²) in [4.78, 5) is 28.8. The normalized spacial score (nSPS) is 23.5. The van der Waals surface area contributed by atoms with E-state index in [0.717, 1.165) is 18.7 Å². The smallest absolute Gasteiger partial charge is 0.231 e. The van der Waals surface area contributed by atoms with Crippen molar-refractivity contribution in [2.45, 2.75) is 25.8 Å². The predicted octanol–water partition coefficient (Wildman–Crippen LogP) is 2.68. The number of benzene rings is 2. The van der Waals surface area contributed by atoms with Crippen molar-refractivity contribution in [2.24, 2.45) is 17.6 Å². The number of carbonyl (C=O) groups is 2. The molecule has 2 amide bonds. The van der Waals surface area contributed by atoms with E-state index in [0.29, 0.717) is 31.2 Å². The molecule has 3 atom stereocenters. The highest BCUT2D eigenvalue weighted by Gasteiger charge is 2.49. The largest absolute Gasteiger partial charge is 0.369 e. The van der Waals surface area contributed by atoms with Crippen LogP contribution in [0.25, 0.3) is 0 Å². The van der Waals surface area contributed by atoms with Crippen LogP contribution >= 0.6 is 0 Å². The molecule has 0 bridgehead atoms. The van der Waals surface area contributed by atoms with Crippen molar-refractivity contribution in [2.75, 3.05) is 26.2 Å². The molecule has 0 spiro atoms. The summed E-state index contributed by atoms with van der Waals surface area (Å²) >= 11 is 0. The highest BCUT2D eigenvalue weighted by Crippen LogP contribution is 2.46. The monoisotopic (exact) mass is 409 g/mol. The number of hydrogen-bond acceptors (Lipinski definition) is 3. The Morgan fingerprint density at radius 1 is 1.07 bits per heavy atom. The minimum Gasteiger partial charge on any atom is -0.369 e. The lowest BCUT2D eigenvalue weighted by molar-refractivity contribution is -0.133. The van der Waals surface area contributed by atoms with Crippen molar-refractivity contribution >= 4 is 11.8 Å². The summed E-state index contributed by atoms with van der Waals surface area (Å²) in [5.41, 5.74) is 8.72. The van der Waals surface area contributed by atoms with Crippen molar-refractivity contribution in [3.8, 4) is 0 Å². The molecule has 2 heterocycles. The number of fused-ring (bicyclic) bond motifs is 1. The number of nitrogens with zero attached hydrogens (tertiary/aromatic N) is 2. The molecule has 4 rings (SSSR count). The summed E-state index contributed by atoms with van der Waals surface area (Å²) in [6, 6.07) is 14.6. The van der Waals surface area contributed by atoms with Crippen LogP contribution in [0.5, 0.6) is 0 Å². The number of likely N-dealkylation sites (tertiary alicyclic amines) is 2. The lowest BCUT2D eigenvalue weighted by Gasteiger charge is -2.31. The Balaban J connectivity index is 1.53. The zero-order valence-corrected chi connectivity index (χ0v) is 17.3. The summed E-state index contributed by atoms with van der Waals surface area (Å²) in [5.74, 6) is 0.180. The van der Waals surface area contributed by atoms with Crippen LogP contribution in [0.3, 0.4) is 0 Å². The van der Waals surface area contributed by atoms with Gasteiger partial charge in [0.15, 0.2) is 0 Å². The number of halogens is 1. The van der Waals surface area contributed by atoms with Gasteiger partial charge in [0, 0.05) is 32.0 Å². The Morgan fingerprint density at radius 3 is 2.50 bits per heavy atom. The molecule has 0 saturated carbocycles. The van der Waals surface area contributed by atoms with E-state index in [1.807, 2.05) is 17.0 Å². The van der Waals surface area contributed by atoms with Crippen LogP contribution in [0.15, 0.2) is 48.5 Å². The van der Waals surface area contributed by atoms with Gasteiger partial charge in [0.1, 0.15) is 5.82 Å². The summed E-state index contributed by atoms with van der Waals surface area (Å²) in [7, 11) is 0. The lowest BCUT2D eigenvalue weighted by Crippen LogP contribution is -2.38. The average molecular weight is 410 g/mol. The summed E-state index contributed by atoms with van der Waals surface area (Å²) in [5, 5.41) is 0. The number of rotatable bonds is 6. The minimum absolute atomic E-state index is 0.00907. The van der Waals surface area contributed by atoms with Crippen LogP contribution in [-0.2, 0) is 16.0 Å². The van der Waals surface area contributed by atoms with Gasteiger partial charge in [-0.2, -0.15) is 0 Å². The molecule has 0 radical (unpaired) electrons. The molecule has 2 fully saturated rings. The van der Waals surface area contributed by atoms with Gasteiger partial charge in [-0.15, -0.1) is 0 Å². The molecule has 2 aliphatic rings. The Morgan fingerprint density at radius 2 is 1.80 bits per heavy atom. The van der Waals surface area contributed by atoms with Gasteiger partial charge in [0.25, 0.3) is 0 Å². The van der Waals surface area contributed by atoms with Gasteiger partial charge >= 0.3 is 0 Å². The zero-order chi connectivity index (χ0) is 21.3. The van der Waals surface area contributed by atoms with E-state index in [4.69, 9.17) is 5.73 Å². The molecule has 5 nitrogen and oxygen atoms in total. The first-order valence-electron chi connectivity index (χ1n) is 10.5. The third-order valence-electron chi connectivity index (χ3n) is 6.49. The summed E-state index contributed by atoms with van der Waals surface area (Å²) < 4.78 is 13.1. The molecule has 0 aliphatic carbocycles. The molecule has 30 heavy (non-hydrogen) atoms. The first-order valence-corrected chi connectivity index (χ1v) is 10.5. The third-order valence-corrected chi connectivity index (χ3v) is 6.49. The first-order chi connectivity index (χ1) is 14.4. The van der Waals surface area contributed by atoms with Gasteiger partial charge in [-0.1, -0.05) is 36.4 Å². The van der Waals surface area contributed by atoms with Gasteiger partial charge in [-0.3, -0.25) is 14.5 Å². The van der Waals surface area contributed by atoms with Gasteiger partial charge in [-0.05, 0) is 48.1 Å². The number of carbonyl (C=O) groups excluding carboxylic acids is 2. The van der Waals surface area contributed by atoms with E-state index >= 15 is 0 Å². The van der Waals surface area contributed by atoms with E-state index < -0.39 is 0 Å². The SMILES string of the molecule is Cc1ccccc1[C@@H]1[C@H]2CN(CC(N)=O)C[C@H]2CN1C(=O)CCc1ccc(F)cc1. The Labute approximate surface area is 176 Å². The molecule has 2 aromatic rings. The van der Waals surface area contributed by atoms with Crippen molar-refractivity contribution in [3.63, 3.8) is 0 Å². The topological polar surface area (TPSA) is 66.6 Å². The maximum atomic E-state index is 13.2. The van der Waals surface area contributed by atoms with Crippen molar-refractivity contribution in [1.82, 2.24) is 9.80 Å². The van der Waals surface area contributed by atoms with E-state index in [9.17, 15) is 14.0 Å². The Hall–Kier alpha value is -2.73. The molecule has 0 unspecified atom stereocenters. The van der Waals surface area contributed by atoms with Gasteiger partial charge in [0.05, 0.1) is 12.6 Å². The van der Waals surface area contributed by atoms with Crippen LogP contribution in [-0.4, -0.2) is 47.8 Å². The molecule has 158 valence electrons. The van der Waals surface area contributed by atoms with Crippen molar-refractivity contribution in [1.29, 1.82) is 0 Å². The Kier molecular flexibility index (Phi) is 5.86. The van der Waals surface area contributed by atoms with E-state index in [-0.39, 0.29) is 30.2 Å². The highest BCUT2D eigenvalue weighted by molar-refractivity contribution is 5.78. The fourth-order valence-electron chi connectivity index (χ4n) is 5.11. The predicted molar refractivity (Wildman–Crippen MR) is 113 cm³/mol. The number of hydrogen-bond donors (Lipinski definition) is 1. The molecule has 2 aliphatic heterocycles. The van der Waals surface area contributed by atoms with E-state index in [2.05, 4.69) is 24.0 Å². The maximum Gasteiger partial charge on any atom is 0.231 e. The second-order valence-corrected chi connectivity index (χ2v) is 8.56. The summed E-state index contributed by atoms with van der Waals surface area (Å²) in [6.07, 6.45) is 0.998. The van der Waals surface area contributed by atoms with Crippen LogP contribution in [0.2, 0.25) is 0 Å². The molecule has 6 heteroatoms. The van der Waals surface area contributed by atoms with Gasteiger partial charge in [-0.25, -0.2) is 4.39 Å². The third kappa shape index (κ3) is 4.24.